The first kappa shape index (κ1) is 16.4. The van der Waals surface area contributed by atoms with Crippen molar-refractivity contribution < 1.29 is 0 Å². The third kappa shape index (κ3) is 5.06. The molecule has 0 amide bonds. The van der Waals surface area contributed by atoms with E-state index in [9.17, 15) is 0 Å². The van der Waals surface area contributed by atoms with Crippen LogP contribution in [0.15, 0.2) is 6.07 Å². The molecule has 2 heterocycles. The number of rotatable bonds is 5. The van der Waals surface area contributed by atoms with E-state index in [2.05, 4.69) is 43.3 Å². The van der Waals surface area contributed by atoms with Gasteiger partial charge in [-0.1, -0.05) is 27.7 Å². The number of nitrogens with one attached hydrogen (secondary N) is 2. The van der Waals surface area contributed by atoms with E-state index in [1.165, 1.54) is 24.3 Å². The lowest BCUT2D eigenvalue weighted by Crippen LogP contribution is -2.27. The summed E-state index contributed by atoms with van der Waals surface area (Å²) in [6, 6.07) is 2.58. The minimum atomic E-state index is -0.0400. The molecule has 0 aromatic carbocycles. The fourth-order valence-electron chi connectivity index (χ4n) is 2.26. The summed E-state index contributed by atoms with van der Waals surface area (Å²) in [6.07, 6.45) is 3.62. The van der Waals surface area contributed by atoms with Gasteiger partial charge in [0.1, 0.15) is 17.5 Å². The zero-order valence-electron chi connectivity index (χ0n) is 13.7. The molecule has 1 aliphatic heterocycles. The smallest absolute Gasteiger partial charge is 0.138 e. The molecule has 118 valence electrons. The Labute approximate surface area is 132 Å². The molecule has 1 fully saturated rings. The van der Waals surface area contributed by atoms with Gasteiger partial charge < -0.3 is 10.6 Å². The predicted octanol–water partition coefficient (Wildman–Crippen LogP) is 3.90. The molecule has 1 aromatic heterocycles. The summed E-state index contributed by atoms with van der Waals surface area (Å²) in [6.45, 7) is 9.58. The van der Waals surface area contributed by atoms with Crippen LogP contribution in [0.2, 0.25) is 0 Å². The zero-order valence-corrected chi connectivity index (χ0v) is 14.5. The second-order valence-electron chi connectivity index (χ2n) is 6.70. The molecule has 1 unspecified atom stereocenters. The third-order valence-corrected chi connectivity index (χ3v) is 4.68. The fourth-order valence-corrected chi connectivity index (χ4v) is 3.34. The molecule has 5 heteroatoms. The Morgan fingerprint density at radius 3 is 2.67 bits per heavy atom. The summed E-state index contributed by atoms with van der Waals surface area (Å²) < 4.78 is 0. The summed E-state index contributed by atoms with van der Waals surface area (Å²) in [5, 5.41) is 6.99. The van der Waals surface area contributed by atoms with Crippen LogP contribution in [0.5, 0.6) is 0 Å². The second-order valence-corrected chi connectivity index (χ2v) is 7.85. The maximum absolute atomic E-state index is 4.74. The Hall–Kier alpha value is -0.970. The quantitative estimate of drug-likeness (QED) is 0.864. The molecule has 1 aliphatic rings. The number of hydrogen-bond donors (Lipinski definition) is 2. The average molecular weight is 308 g/mol. The molecular weight excluding hydrogens is 280 g/mol. The highest BCUT2D eigenvalue weighted by Gasteiger charge is 2.20. The normalized spacial score (nSPS) is 19.3. The molecule has 2 N–H and O–H groups in total. The van der Waals surface area contributed by atoms with Crippen molar-refractivity contribution in [1.29, 1.82) is 0 Å². The lowest BCUT2D eigenvalue weighted by atomic mass is 9.96. The number of thioether (sulfide) groups is 1. The minimum Gasteiger partial charge on any atom is -0.370 e. The van der Waals surface area contributed by atoms with E-state index in [-0.39, 0.29) is 5.41 Å². The highest BCUT2D eigenvalue weighted by molar-refractivity contribution is 7.99. The molecular formula is C16H28N4S. The standard InChI is InChI=1S/C16H28N4S/c1-5-8-17-13-10-14(18-12-7-6-9-21-11-12)20-15(19-13)16(2,3)4/h10,12H,5-9,11H2,1-4H3,(H2,17,18,19,20). The zero-order chi connectivity index (χ0) is 15.3. The number of anilines is 2. The Morgan fingerprint density at radius 1 is 1.29 bits per heavy atom. The number of aromatic nitrogens is 2. The topological polar surface area (TPSA) is 49.8 Å². The van der Waals surface area contributed by atoms with E-state index in [0.717, 1.165) is 30.4 Å². The predicted molar refractivity (Wildman–Crippen MR) is 93.5 cm³/mol. The maximum Gasteiger partial charge on any atom is 0.138 e. The van der Waals surface area contributed by atoms with Crippen LogP contribution in [0.25, 0.3) is 0 Å². The minimum absolute atomic E-state index is 0.0400. The van der Waals surface area contributed by atoms with Gasteiger partial charge in [0, 0.05) is 29.8 Å². The van der Waals surface area contributed by atoms with Crippen molar-refractivity contribution in [1.82, 2.24) is 9.97 Å². The van der Waals surface area contributed by atoms with Crippen molar-refractivity contribution in [2.45, 2.75) is 58.4 Å². The van der Waals surface area contributed by atoms with Crippen LogP contribution in [0.1, 0.15) is 52.8 Å². The Bertz CT molecular complexity index is 450. The van der Waals surface area contributed by atoms with Gasteiger partial charge in [-0.3, -0.25) is 0 Å². The van der Waals surface area contributed by atoms with Crippen molar-refractivity contribution in [2.75, 3.05) is 28.7 Å². The second kappa shape index (κ2) is 7.34. The Morgan fingerprint density at radius 2 is 2.05 bits per heavy atom. The SMILES string of the molecule is CCCNc1cc(NC2CCCSC2)nc(C(C)(C)C)n1. The monoisotopic (exact) mass is 308 g/mol. The van der Waals surface area contributed by atoms with E-state index < -0.39 is 0 Å². The van der Waals surface area contributed by atoms with Gasteiger partial charge in [0.2, 0.25) is 0 Å². The van der Waals surface area contributed by atoms with Crippen LogP contribution in [0, 0.1) is 0 Å². The van der Waals surface area contributed by atoms with Crippen LogP contribution in [0.3, 0.4) is 0 Å². The molecule has 0 aliphatic carbocycles. The summed E-state index contributed by atoms with van der Waals surface area (Å²) >= 11 is 2.03. The van der Waals surface area contributed by atoms with Crippen LogP contribution in [-0.4, -0.2) is 34.1 Å². The molecule has 4 nitrogen and oxygen atoms in total. The highest BCUT2D eigenvalue weighted by atomic mass is 32.2. The Balaban J connectivity index is 2.17. The lowest BCUT2D eigenvalue weighted by Gasteiger charge is -2.25. The molecule has 0 radical (unpaired) electrons. The summed E-state index contributed by atoms with van der Waals surface area (Å²) in [5.41, 5.74) is -0.0400. The van der Waals surface area contributed by atoms with Crippen LogP contribution in [-0.2, 0) is 5.41 Å². The maximum atomic E-state index is 4.74. The molecule has 1 atom stereocenters. The van der Waals surface area contributed by atoms with Gasteiger partial charge in [-0.25, -0.2) is 9.97 Å². The van der Waals surface area contributed by atoms with E-state index in [4.69, 9.17) is 4.98 Å². The van der Waals surface area contributed by atoms with Gasteiger partial charge in [-0.05, 0) is 25.0 Å². The van der Waals surface area contributed by atoms with Gasteiger partial charge >= 0.3 is 0 Å². The average Bonchev–Trinajstić information content (AvgIpc) is 2.45. The summed E-state index contributed by atoms with van der Waals surface area (Å²) in [4.78, 5) is 9.40. The number of hydrogen-bond acceptors (Lipinski definition) is 5. The molecule has 0 saturated carbocycles. The van der Waals surface area contributed by atoms with E-state index in [0.29, 0.717) is 6.04 Å². The van der Waals surface area contributed by atoms with Gasteiger partial charge in [0.05, 0.1) is 0 Å². The van der Waals surface area contributed by atoms with E-state index >= 15 is 0 Å². The molecule has 0 spiro atoms. The molecule has 2 rings (SSSR count). The van der Waals surface area contributed by atoms with Gasteiger partial charge in [-0.15, -0.1) is 0 Å². The van der Waals surface area contributed by atoms with Crippen molar-refractivity contribution in [2.24, 2.45) is 0 Å². The van der Waals surface area contributed by atoms with Gasteiger partial charge in [-0.2, -0.15) is 11.8 Å². The number of nitrogens with zero attached hydrogens (tertiary/aromatic N) is 2. The van der Waals surface area contributed by atoms with Gasteiger partial charge in [0.25, 0.3) is 0 Å². The van der Waals surface area contributed by atoms with Crippen LogP contribution < -0.4 is 10.6 Å². The molecule has 1 saturated heterocycles. The molecule has 1 aromatic rings. The first-order valence-electron chi connectivity index (χ1n) is 7.96. The lowest BCUT2D eigenvalue weighted by molar-refractivity contribution is 0.545. The highest BCUT2D eigenvalue weighted by Crippen LogP contribution is 2.25. The van der Waals surface area contributed by atoms with Crippen molar-refractivity contribution in [3.63, 3.8) is 0 Å². The van der Waals surface area contributed by atoms with Crippen LogP contribution in [0.4, 0.5) is 11.6 Å². The summed E-state index contributed by atoms with van der Waals surface area (Å²) in [5.74, 6) is 5.25. The fraction of sp³-hybridized carbons (Fsp3) is 0.750. The third-order valence-electron chi connectivity index (χ3n) is 3.47. The van der Waals surface area contributed by atoms with Gasteiger partial charge in [0.15, 0.2) is 0 Å². The molecule has 21 heavy (non-hydrogen) atoms. The Kier molecular flexibility index (Phi) is 5.73. The van der Waals surface area contributed by atoms with Crippen molar-refractivity contribution >= 4 is 23.4 Å². The van der Waals surface area contributed by atoms with E-state index in [1.54, 1.807) is 0 Å². The van der Waals surface area contributed by atoms with Crippen molar-refractivity contribution in [3.8, 4) is 0 Å². The van der Waals surface area contributed by atoms with Crippen LogP contribution >= 0.6 is 11.8 Å². The first-order chi connectivity index (χ1) is 9.99. The summed E-state index contributed by atoms with van der Waals surface area (Å²) in [7, 11) is 0. The van der Waals surface area contributed by atoms with Crippen molar-refractivity contribution in [3.05, 3.63) is 11.9 Å². The van der Waals surface area contributed by atoms with E-state index in [1.807, 2.05) is 17.8 Å². The molecule has 0 bridgehead atoms. The first-order valence-corrected chi connectivity index (χ1v) is 9.12. The largest absolute Gasteiger partial charge is 0.370 e.